The number of urea groups is 1. The lowest BCUT2D eigenvalue weighted by molar-refractivity contribution is -0.384. The van der Waals surface area contributed by atoms with E-state index in [0.29, 0.717) is 22.8 Å². The molecule has 1 unspecified atom stereocenters. The predicted octanol–water partition coefficient (Wildman–Crippen LogP) is 2.66. The molecular formula is C17H15N3O6. The van der Waals surface area contributed by atoms with E-state index in [1.54, 1.807) is 31.2 Å². The second-order valence-electron chi connectivity index (χ2n) is 5.57. The van der Waals surface area contributed by atoms with Gasteiger partial charge in [-0.05, 0) is 19.1 Å². The molecule has 2 N–H and O–H groups in total. The number of carbonyl (C=O) groups is 2. The number of benzene rings is 1. The summed E-state index contributed by atoms with van der Waals surface area (Å²) in [4.78, 5) is 34.3. The van der Waals surface area contributed by atoms with Crippen LogP contribution in [0.4, 0.5) is 10.5 Å². The minimum atomic E-state index is -0.830. The van der Waals surface area contributed by atoms with Crippen molar-refractivity contribution in [3.63, 3.8) is 0 Å². The average Bonchev–Trinajstić information content (AvgIpc) is 3.10. The first-order valence-electron chi connectivity index (χ1n) is 7.62. The number of ether oxygens (including phenoxy) is 1. The summed E-state index contributed by atoms with van der Waals surface area (Å²) in [5.74, 6) is 0.0766. The number of amides is 2. The van der Waals surface area contributed by atoms with Gasteiger partial charge < -0.3 is 19.8 Å². The number of furan rings is 1. The lowest BCUT2D eigenvalue weighted by Crippen LogP contribution is -2.45. The van der Waals surface area contributed by atoms with Crippen LogP contribution in [0, 0.1) is 10.1 Å². The summed E-state index contributed by atoms with van der Waals surface area (Å²) < 4.78 is 10.5. The molecule has 0 fully saturated rings. The maximum atomic E-state index is 12.1. The Morgan fingerprint density at radius 2 is 2.08 bits per heavy atom. The molecule has 134 valence electrons. The third kappa shape index (κ3) is 3.14. The van der Waals surface area contributed by atoms with Crippen LogP contribution in [0.5, 0.6) is 0 Å². The van der Waals surface area contributed by atoms with Crippen LogP contribution in [0.15, 0.2) is 52.1 Å². The number of nitrogens with zero attached hydrogens (tertiary/aromatic N) is 1. The number of esters is 1. The Morgan fingerprint density at radius 3 is 2.77 bits per heavy atom. The topological polar surface area (TPSA) is 124 Å². The molecule has 1 aromatic heterocycles. The Bertz CT molecular complexity index is 930. The van der Waals surface area contributed by atoms with Crippen LogP contribution in [-0.2, 0) is 9.53 Å². The van der Waals surface area contributed by atoms with E-state index in [9.17, 15) is 19.7 Å². The maximum Gasteiger partial charge on any atom is 0.338 e. The quantitative estimate of drug-likeness (QED) is 0.492. The SMILES string of the molecule is COC(=O)C1=C(C)NC(=O)NC1c1ccc(-c2cccc([N+](=O)[O-])c2)o1. The molecule has 2 heterocycles. The Morgan fingerprint density at radius 1 is 1.31 bits per heavy atom. The van der Waals surface area contributed by atoms with Gasteiger partial charge in [0.25, 0.3) is 5.69 Å². The van der Waals surface area contributed by atoms with Crippen molar-refractivity contribution < 1.29 is 23.7 Å². The number of nitro groups is 1. The number of hydrogen-bond acceptors (Lipinski definition) is 6. The molecule has 2 amide bonds. The molecule has 1 atom stereocenters. The van der Waals surface area contributed by atoms with Crippen molar-refractivity contribution in [3.8, 4) is 11.3 Å². The maximum absolute atomic E-state index is 12.1. The van der Waals surface area contributed by atoms with Gasteiger partial charge in [-0.1, -0.05) is 12.1 Å². The highest BCUT2D eigenvalue weighted by Crippen LogP contribution is 2.32. The molecule has 1 aliphatic heterocycles. The number of nitro benzene ring substituents is 1. The molecule has 0 saturated heterocycles. The minimum Gasteiger partial charge on any atom is -0.466 e. The standard InChI is InChI=1S/C17H15N3O6/c1-9-14(16(21)25-2)15(19-17(22)18-9)13-7-6-12(26-13)10-4-3-5-11(8-10)20(23)24/h3-8,15H,1-2H3,(H2,18,19,22). The normalized spacial score (nSPS) is 16.7. The third-order valence-electron chi connectivity index (χ3n) is 3.93. The van der Waals surface area contributed by atoms with Crippen molar-refractivity contribution in [2.24, 2.45) is 0 Å². The van der Waals surface area contributed by atoms with Gasteiger partial charge in [0.15, 0.2) is 0 Å². The Hall–Kier alpha value is -3.62. The molecule has 0 saturated carbocycles. The fourth-order valence-corrected chi connectivity index (χ4v) is 2.72. The van der Waals surface area contributed by atoms with Crippen LogP contribution in [0.1, 0.15) is 18.7 Å². The fourth-order valence-electron chi connectivity index (χ4n) is 2.72. The number of carbonyl (C=O) groups excluding carboxylic acids is 2. The van der Waals surface area contributed by atoms with Gasteiger partial charge in [-0.3, -0.25) is 10.1 Å². The van der Waals surface area contributed by atoms with Gasteiger partial charge in [-0.25, -0.2) is 9.59 Å². The third-order valence-corrected chi connectivity index (χ3v) is 3.93. The molecule has 0 aliphatic carbocycles. The summed E-state index contributed by atoms with van der Waals surface area (Å²) in [7, 11) is 1.24. The van der Waals surface area contributed by atoms with Crippen LogP contribution in [0.3, 0.4) is 0 Å². The van der Waals surface area contributed by atoms with E-state index < -0.39 is 23.0 Å². The zero-order valence-corrected chi connectivity index (χ0v) is 13.9. The second kappa shape index (κ2) is 6.71. The highest BCUT2D eigenvalue weighted by atomic mass is 16.6. The zero-order chi connectivity index (χ0) is 18.8. The monoisotopic (exact) mass is 357 g/mol. The lowest BCUT2D eigenvalue weighted by atomic mass is 10.0. The smallest absolute Gasteiger partial charge is 0.338 e. The van der Waals surface area contributed by atoms with E-state index in [1.807, 2.05) is 0 Å². The van der Waals surface area contributed by atoms with Crippen LogP contribution in [0.2, 0.25) is 0 Å². The summed E-state index contributed by atoms with van der Waals surface area (Å²) in [5.41, 5.74) is 1.01. The van der Waals surface area contributed by atoms with Crippen molar-refractivity contribution in [2.45, 2.75) is 13.0 Å². The summed E-state index contributed by atoms with van der Waals surface area (Å²) in [5, 5.41) is 16.1. The van der Waals surface area contributed by atoms with Gasteiger partial charge in [0.1, 0.15) is 17.6 Å². The van der Waals surface area contributed by atoms with Crippen LogP contribution >= 0.6 is 0 Å². The summed E-state index contributed by atoms with van der Waals surface area (Å²) in [6.45, 7) is 1.59. The molecule has 1 aliphatic rings. The van der Waals surface area contributed by atoms with Gasteiger partial charge in [-0.2, -0.15) is 0 Å². The van der Waals surface area contributed by atoms with E-state index in [-0.39, 0.29) is 11.3 Å². The van der Waals surface area contributed by atoms with Gasteiger partial charge in [0.05, 0.1) is 17.6 Å². The van der Waals surface area contributed by atoms with Gasteiger partial charge in [0.2, 0.25) is 0 Å². The molecule has 9 nitrogen and oxygen atoms in total. The highest BCUT2D eigenvalue weighted by Gasteiger charge is 2.34. The molecule has 0 spiro atoms. The second-order valence-corrected chi connectivity index (χ2v) is 5.57. The Kier molecular flexibility index (Phi) is 4.44. The first-order valence-corrected chi connectivity index (χ1v) is 7.62. The first-order chi connectivity index (χ1) is 12.4. The molecule has 1 aromatic carbocycles. The lowest BCUT2D eigenvalue weighted by Gasteiger charge is -2.26. The number of rotatable bonds is 4. The summed E-state index contributed by atoms with van der Waals surface area (Å²) >= 11 is 0. The molecular weight excluding hydrogens is 342 g/mol. The number of non-ortho nitro benzene ring substituents is 1. The largest absolute Gasteiger partial charge is 0.466 e. The summed E-state index contributed by atoms with van der Waals surface area (Å²) in [6, 6.07) is 7.88. The van der Waals surface area contributed by atoms with E-state index in [1.165, 1.54) is 19.2 Å². The zero-order valence-electron chi connectivity index (χ0n) is 13.9. The first kappa shape index (κ1) is 17.2. The van der Waals surface area contributed by atoms with Crippen LogP contribution < -0.4 is 10.6 Å². The fraction of sp³-hybridized carbons (Fsp3) is 0.176. The highest BCUT2D eigenvalue weighted by molar-refractivity contribution is 5.94. The van der Waals surface area contributed by atoms with Crippen LogP contribution in [0.25, 0.3) is 11.3 Å². The van der Waals surface area contributed by atoms with Gasteiger partial charge >= 0.3 is 12.0 Å². The van der Waals surface area contributed by atoms with E-state index in [0.717, 1.165) is 0 Å². The minimum absolute atomic E-state index is 0.0680. The van der Waals surface area contributed by atoms with E-state index in [2.05, 4.69) is 10.6 Å². The number of hydrogen-bond donors (Lipinski definition) is 2. The van der Waals surface area contributed by atoms with Gasteiger partial charge in [-0.15, -0.1) is 0 Å². The molecule has 0 bridgehead atoms. The molecule has 2 aromatic rings. The molecule has 3 rings (SSSR count). The number of allylic oxidation sites excluding steroid dienone is 1. The summed E-state index contributed by atoms with van der Waals surface area (Å²) in [6.07, 6.45) is 0. The van der Waals surface area contributed by atoms with E-state index >= 15 is 0 Å². The van der Waals surface area contributed by atoms with Crippen molar-refractivity contribution in [1.82, 2.24) is 10.6 Å². The Labute approximate surface area is 147 Å². The van der Waals surface area contributed by atoms with Crippen molar-refractivity contribution >= 4 is 17.7 Å². The van der Waals surface area contributed by atoms with Crippen molar-refractivity contribution in [3.05, 3.63) is 63.5 Å². The van der Waals surface area contributed by atoms with Crippen molar-refractivity contribution in [1.29, 1.82) is 0 Å². The van der Waals surface area contributed by atoms with Gasteiger partial charge in [0, 0.05) is 23.4 Å². The predicted molar refractivity (Wildman–Crippen MR) is 89.9 cm³/mol. The average molecular weight is 357 g/mol. The molecule has 9 heteroatoms. The van der Waals surface area contributed by atoms with Crippen LogP contribution in [-0.4, -0.2) is 24.0 Å². The van der Waals surface area contributed by atoms with Crippen molar-refractivity contribution in [2.75, 3.05) is 7.11 Å². The molecule has 0 radical (unpaired) electrons. The number of methoxy groups -OCH3 is 1. The number of nitrogens with one attached hydrogen (secondary N) is 2. The Balaban J connectivity index is 1.99. The molecule has 26 heavy (non-hydrogen) atoms. The van der Waals surface area contributed by atoms with E-state index in [4.69, 9.17) is 9.15 Å².